The Morgan fingerprint density at radius 2 is 1.52 bits per heavy atom. The molecule has 2 rings (SSSR count). The fourth-order valence-corrected chi connectivity index (χ4v) is 2.70. The Labute approximate surface area is 167 Å². The van der Waals surface area contributed by atoms with Crippen LogP contribution in [0.4, 0.5) is 5.69 Å². The van der Waals surface area contributed by atoms with E-state index in [1.165, 1.54) is 62.4 Å². The van der Waals surface area contributed by atoms with Gasteiger partial charge in [-0.2, -0.15) is 0 Å². The van der Waals surface area contributed by atoms with Gasteiger partial charge in [0, 0.05) is 25.6 Å². The van der Waals surface area contributed by atoms with Gasteiger partial charge in [0.1, 0.15) is 0 Å². The van der Waals surface area contributed by atoms with Gasteiger partial charge in [-0.1, -0.05) is 6.07 Å². The van der Waals surface area contributed by atoms with Gasteiger partial charge in [0.25, 0.3) is 0 Å². The van der Waals surface area contributed by atoms with Gasteiger partial charge in [-0.25, -0.2) is 13.6 Å². The lowest BCUT2D eigenvalue weighted by molar-refractivity contribution is -0.134. The van der Waals surface area contributed by atoms with Crippen molar-refractivity contribution in [2.45, 2.75) is 18.7 Å². The van der Waals surface area contributed by atoms with Crippen LogP contribution in [-0.4, -0.2) is 26.3 Å². The molecule has 2 aromatic carbocycles. The monoisotopic (exact) mass is 418 g/mol. The predicted octanol–water partition coefficient (Wildman–Crippen LogP) is 1.84. The molecule has 10 heteroatoms. The largest absolute Gasteiger partial charge is 0.423 e. The van der Waals surface area contributed by atoms with E-state index in [0.717, 1.165) is 0 Å². The summed E-state index contributed by atoms with van der Waals surface area (Å²) >= 11 is 0. The maximum Gasteiger partial charge on any atom is 0.308 e. The Kier molecular flexibility index (Phi) is 6.86. The number of primary sulfonamides is 1. The van der Waals surface area contributed by atoms with Gasteiger partial charge in [-0.15, -0.1) is 0 Å². The van der Waals surface area contributed by atoms with Crippen LogP contribution in [0.25, 0.3) is 6.08 Å². The van der Waals surface area contributed by atoms with Gasteiger partial charge in [0.15, 0.2) is 11.5 Å². The van der Waals surface area contributed by atoms with Crippen LogP contribution in [0.15, 0.2) is 53.4 Å². The van der Waals surface area contributed by atoms with E-state index in [9.17, 15) is 22.8 Å². The average molecular weight is 418 g/mol. The zero-order chi connectivity index (χ0) is 21.6. The molecule has 2 aromatic rings. The summed E-state index contributed by atoms with van der Waals surface area (Å²) in [5.41, 5.74) is 0.884. The normalized spacial score (nSPS) is 11.1. The summed E-state index contributed by atoms with van der Waals surface area (Å²) in [6, 6.07) is 9.78. The molecule has 1 amide bonds. The third kappa shape index (κ3) is 6.87. The van der Waals surface area contributed by atoms with E-state index >= 15 is 0 Å². The first kappa shape index (κ1) is 21.8. The van der Waals surface area contributed by atoms with Crippen LogP contribution in [0.3, 0.4) is 0 Å². The number of rotatable bonds is 6. The SMILES string of the molecule is CC(=O)Oc1ccc(/C=C/C(=O)Nc2ccc(S(N)(=O)=O)cc2)cc1OC(C)=O. The fourth-order valence-electron chi connectivity index (χ4n) is 2.19. The number of carbonyl (C=O) groups excluding carboxylic acids is 3. The molecule has 0 fully saturated rings. The second-order valence-electron chi connectivity index (χ2n) is 5.79. The van der Waals surface area contributed by atoms with Crippen molar-refractivity contribution in [2.75, 3.05) is 5.32 Å². The highest BCUT2D eigenvalue weighted by molar-refractivity contribution is 7.89. The molecule has 0 saturated heterocycles. The van der Waals surface area contributed by atoms with Crippen LogP contribution in [0.5, 0.6) is 11.5 Å². The molecular weight excluding hydrogens is 400 g/mol. The quantitative estimate of drug-likeness (QED) is 0.414. The van der Waals surface area contributed by atoms with Crippen molar-refractivity contribution in [1.29, 1.82) is 0 Å². The maximum absolute atomic E-state index is 12.0. The first-order valence-corrected chi connectivity index (χ1v) is 9.72. The molecule has 0 saturated carbocycles. The minimum Gasteiger partial charge on any atom is -0.423 e. The van der Waals surface area contributed by atoms with Crippen molar-refractivity contribution in [1.82, 2.24) is 0 Å². The van der Waals surface area contributed by atoms with Crippen molar-refractivity contribution in [3.63, 3.8) is 0 Å². The summed E-state index contributed by atoms with van der Waals surface area (Å²) in [4.78, 5) is 34.3. The number of ether oxygens (including phenoxy) is 2. The first-order chi connectivity index (χ1) is 13.5. The summed E-state index contributed by atoms with van der Waals surface area (Å²) < 4.78 is 32.4. The van der Waals surface area contributed by atoms with Crippen molar-refractivity contribution in [3.8, 4) is 11.5 Å². The number of nitrogens with one attached hydrogen (secondary N) is 1. The molecule has 0 radical (unpaired) electrons. The molecule has 3 N–H and O–H groups in total. The lowest BCUT2D eigenvalue weighted by Gasteiger charge is -2.09. The van der Waals surface area contributed by atoms with Gasteiger partial charge in [-0.05, 0) is 48.0 Å². The van der Waals surface area contributed by atoms with E-state index in [0.29, 0.717) is 11.3 Å². The summed E-state index contributed by atoms with van der Waals surface area (Å²) in [7, 11) is -3.81. The number of carbonyl (C=O) groups is 3. The van der Waals surface area contributed by atoms with E-state index in [2.05, 4.69) is 5.32 Å². The van der Waals surface area contributed by atoms with Gasteiger partial charge < -0.3 is 14.8 Å². The third-order valence-electron chi connectivity index (χ3n) is 3.35. The third-order valence-corrected chi connectivity index (χ3v) is 4.28. The molecule has 152 valence electrons. The van der Waals surface area contributed by atoms with E-state index in [1.54, 1.807) is 6.07 Å². The molecule has 0 aliphatic carbocycles. The molecule has 0 bridgehead atoms. The lowest BCUT2D eigenvalue weighted by atomic mass is 10.2. The van der Waals surface area contributed by atoms with Crippen molar-refractivity contribution >= 4 is 39.6 Å². The van der Waals surface area contributed by atoms with Crippen molar-refractivity contribution in [3.05, 3.63) is 54.1 Å². The number of sulfonamides is 1. The Bertz CT molecular complexity index is 1070. The smallest absolute Gasteiger partial charge is 0.308 e. The topological polar surface area (TPSA) is 142 Å². The molecule has 0 aromatic heterocycles. The number of nitrogens with two attached hydrogens (primary N) is 1. The molecule has 0 atom stereocenters. The Balaban J connectivity index is 2.12. The molecule has 0 aliphatic heterocycles. The highest BCUT2D eigenvalue weighted by atomic mass is 32.2. The molecule has 9 nitrogen and oxygen atoms in total. The number of esters is 2. The number of benzene rings is 2. The molecule has 0 aliphatic rings. The predicted molar refractivity (Wildman–Crippen MR) is 105 cm³/mol. The van der Waals surface area contributed by atoms with Crippen LogP contribution in [-0.2, 0) is 24.4 Å². The maximum atomic E-state index is 12.0. The summed E-state index contributed by atoms with van der Waals surface area (Å²) in [5.74, 6) is -1.54. The van der Waals surface area contributed by atoms with Crippen molar-refractivity contribution < 1.29 is 32.3 Å². The summed E-state index contributed by atoms with van der Waals surface area (Å²) in [5, 5.41) is 7.57. The Morgan fingerprint density at radius 3 is 2.07 bits per heavy atom. The number of amides is 1. The second-order valence-corrected chi connectivity index (χ2v) is 7.35. The average Bonchev–Trinajstić information content (AvgIpc) is 2.61. The minimum atomic E-state index is -3.81. The lowest BCUT2D eigenvalue weighted by Crippen LogP contribution is -2.12. The van der Waals surface area contributed by atoms with Crippen LogP contribution >= 0.6 is 0 Å². The summed E-state index contributed by atoms with van der Waals surface area (Å²) in [6.45, 7) is 2.42. The zero-order valence-electron chi connectivity index (χ0n) is 15.5. The number of anilines is 1. The Morgan fingerprint density at radius 1 is 0.931 bits per heavy atom. The number of hydrogen-bond acceptors (Lipinski definition) is 7. The highest BCUT2D eigenvalue weighted by Crippen LogP contribution is 2.29. The van der Waals surface area contributed by atoms with Crippen molar-refractivity contribution in [2.24, 2.45) is 5.14 Å². The first-order valence-electron chi connectivity index (χ1n) is 8.17. The molecular formula is C19H18N2O7S. The van der Waals surface area contributed by atoms with Gasteiger partial charge in [-0.3, -0.25) is 14.4 Å². The van der Waals surface area contributed by atoms with Crippen LogP contribution in [0, 0.1) is 0 Å². The molecule has 0 unspecified atom stereocenters. The second kappa shape index (κ2) is 9.13. The standard InChI is InChI=1S/C19H18N2O7S/c1-12(22)27-17-9-3-14(11-18(17)28-13(2)23)4-10-19(24)21-15-5-7-16(8-6-15)29(20,25)26/h3-11H,1-2H3,(H,21,24)(H2,20,25,26)/b10-4+. The molecule has 29 heavy (non-hydrogen) atoms. The van der Waals surface area contributed by atoms with E-state index in [-0.39, 0.29) is 16.4 Å². The Hall–Kier alpha value is -3.50. The fraction of sp³-hybridized carbons (Fsp3) is 0.105. The van der Waals surface area contributed by atoms with Gasteiger partial charge >= 0.3 is 11.9 Å². The van der Waals surface area contributed by atoms with Crippen LogP contribution < -0.4 is 19.9 Å². The number of hydrogen-bond donors (Lipinski definition) is 2. The van der Waals surface area contributed by atoms with Gasteiger partial charge in [0.2, 0.25) is 15.9 Å². The van der Waals surface area contributed by atoms with Crippen LogP contribution in [0.1, 0.15) is 19.4 Å². The van der Waals surface area contributed by atoms with E-state index in [4.69, 9.17) is 14.6 Å². The molecule has 0 spiro atoms. The zero-order valence-corrected chi connectivity index (χ0v) is 16.4. The minimum absolute atomic E-state index is 0.0360. The van der Waals surface area contributed by atoms with Crippen LogP contribution in [0.2, 0.25) is 0 Å². The van der Waals surface area contributed by atoms with E-state index in [1.807, 2.05) is 0 Å². The molecule has 0 heterocycles. The van der Waals surface area contributed by atoms with Gasteiger partial charge in [0.05, 0.1) is 4.90 Å². The van der Waals surface area contributed by atoms with E-state index < -0.39 is 27.9 Å². The summed E-state index contributed by atoms with van der Waals surface area (Å²) in [6.07, 6.45) is 2.69. The highest BCUT2D eigenvalue weighted by Gasteiger charge is 2.11.